The number of piperazine rings is 1. The first-order valence-corrected chi connectivity index (χ1v) is 25.6. The molecule has 0 radical (unpaired) electrons. The molecule has 1 spiro atoms. The quantitative estimate of drug-likeness (QED) is 0.102. The zero-order chi connectivity index (χ0) is 50.1. The molecule has 3 fully saturated rings. The number of hydrogen-bond acceptors (Lipinski definition) is 10. The number of amides is 4. The van der Waals surface area contributed by atoms with Crippen molar-refractivity contribution in [2.75, 3.05) is 50.5 Å². The Bertz CT molecular complexity index is 3000. The summed E-state index contributed by atoms with van der Waals surface area (Å²) in [5, 5.41) is 13.0. The maximum atomic E-state index is 16.3. The second-order valence-corrected chi connectivity index (χ2v) is 23.2. The number of halogens is 3. The van der Waals surface area contributed by atoms with Crippen molar-refractivity contribution in [2.24, 2.45) is 5.41 Å². The maximum Gasteiger partial charge on any atom is 0.255 e. The number of methoxy groups -OCH3 is 1. The molecule has 5 aliphatic rings. The van der Waals surface area contributed by atoms with Crippen LogP contribution in [0.4, 0.5) is 15.8 Å². The molecule has 0 aromatic heterocycles. The lowest BCUT2D eigenvalue weighted by Gasteiger charge is -2.41. The van der Waals surface area contributed by atoms with Crippen molar-refractivity contribution in [3.8, 4) is 17.6 Å². The van der Waals surface area contributed by atoms with Crippen LogP contribution < -0.4 is 26.0 Å². The molecule has 4 amide bonds. The number of anilines is 2. The van der Waals surface area contributed by atoms with Gasteiger partial charge >= 0.3 is 0 Å². The van der Waals surface area contributed by atoms with Gasteiger partial charge in [0.05, 0.1) is 34.3 Å². The summed E-state index contributed by atoms with van der Waals surface area (Å²) < 4.78 is 52.0. The molecule has 5 heterocycles. The fourth-order valence-corrected chi connectivity index (χ4v) is 12.8. The monoisotopic (exact) mass is 1010 g/mol. The van der Waals surface area contributed by atoms with Crippen LogP contribution in [0.1, 0.15) is 92.4 Å². The van der Waals surface area contributed by atoms with Gasteiger partial charge in [-0.25, -0.2) is 12.8 Å². The van der Waals surface area contributed by atoms with Crippen LogP contribution in [0, 0.1) is 23.1 Å². The number of imide groups is 1. The smallest absolute Gasteiger partial charge is 0.255 e. The highest BCUT2D eigenvalue weighted by Crippen LogP contribution is 2.57. The zero-order valence-corrected chi connectivity index (χ0v) is 42.2. The van der Waals surface area contributed by atoms with Crippen molar-refractivity contribution in [1.29, 1.82) is 0 Å². The lowest BCUT2D eigenvalue weighted by atomic mass is 9.63. The highest BCUT2D eigenvalue weighted by molar-refractivity contribution is 7.89. The first-order chi connectivity index (χ1) is 33.1. The number of piperidine rings is 1. The van der Waals surface area contributed by atoms with Gasteiger partial charge in [-0.1, -0.05) is 80.1 Å². The number of hydrogen-bond donors (Lipinski definition) is 4. The first-order valence-electron chi connectivity index (χ1n) is 23.4. The molecule has 18 heteroatoms. The molecular weight excluding hydrogens is 957 g/mol. The van der Waals surface area contributed by atoms with Gasteiger partial charge in [-0.05, 0) is 91.3 Å². The first kappa shape index (κ1) is 49.4. The zero-order valence-electron chi connectivity index (χ0n) is 39.8. The average molecular weight is 1010 g/mol. The summed E-state index contributed by atoms with van der Waals surface area (Å²) in [6, 6.07) is 18.1. The number of ether oxygens (including phenoxy) is 1. The van der Waals surface area contributed by atoms with Gasteiger partial charge in [0.1, 0.15) is 17.6 Å². The van der Waals surface area contributed by atoms with Gasteiger partial charge in [0, 0.05) is 91.0 Å². The summed E-state index contributed by atoms with van der Waals surface area (Å²) in [4.78, 5) is 56.2. The SMILES string of the molecule is COc1cc(S(=O)(=O)N2CCN(C(C)(C)C#Cc3cccc4c3CN(C3CCC(=O)NC3=O)C4=O)CC2)ccc1NC(=O)[C@@H]1N[C@@H](CC(C)(C)C)[C@@]2(CNc3cc(Cl)ccc32)[C@H]1c1cccc(Cl)c1F. The summed E-state index contributed by atoms with van der Waals surface area (Å²) in [7, 11) is -2.63. The third-order valence-electron chi connectivity index (χ3n) is 14.5. The van der Waals surface area contributed by atoms with E-state index in [1.54, 1.807) is 24.3 Å². The summed E-state index contributed by atoms with van der Waals surface area (Å²) in [5.41, 5.74) is 2.44. The minimum Gasteiger partial charge on any atom is -0.495 e. The third kappa shape index (κ3) is 8.94. The van der Waals surface area contributed by atoms with Crippen LogP contribution in [0.15, 0.2) is 77.7 Å². The van der Waals surface area contributed by atoms with E-state index in [1.807, 2.05) is 38.1 Å². The van der Waals surface area contributed by atoms with Gasteiger partial charge in [0.25, 0.3) is 5.91 Å². The topological polar surface area (TPSA) is 169 Å². The molecule has 4 aromatic rings. The number of fused-ring (bicyclic) bond motifs is 3. The molecular formula is C52H56Cl2FN7O7S. The molecule has 70 heavy (non-hydrogen) atoms. The van der Waals surface area contributed by atoms with E-state index in [2.05, 4.69) is 58.8 Å². The van der Waals surface area contributed by atoms with E-state index in [0.29, 0.717) is 47.8 Å². The number of carbonyl (C=O) groups is 4. The molecule has 1 unspecified atom stereocenters. The van der Waals surface area contributed by atoms with Gasteiger partial charge < -0.3 is 25.6 Å². The van der Waals surface area contributed by atoms with Crippen molar-refractivity contribution in [3.05, 3.63) is 116 Å². The minimum atomic E-state index is -4.03. The van der Waals surface area contributed by atoms with Crippen molar-refractivity contribution < 1.29 is 36.7 Å². The molecule has 0 bridgehead atoms. The molecule has 3 saturated heterocycles. The standard InChI is InChI=1S/C52H56Cl2FN7O7S/c1-50(2,3)27-42-52(29-56-39-25-31(53)13-15-36(39)52)44(34-11-8-12-37(54)45(34)55)46(58-42)48(65)57-38-16-14-32(26-41(38)69-6)70(67,68)61-23-21-60(22-24-61)51(4,5)20-19-30-9-7-10-33-35(30)28-62(49(33)66)40-17-18-43(63)59-47(40)64/h7-16,25-26,40,42,44,46,56,58H,17-18,21-24,27-29H2,1-6H3,(H,57,65)(H,59,63,64)/t40?,42-,44-,46+,52-/m0/s1. The fraction of sp³-hybridized carbons (Fsp3) is 0.423. The average Bonchev–Trinajstić information content (AvgIpc) is 3.96. The van der Waals surface area contributed by atoms with Crippen LogP contribution in [-0.4, -0.2) is 110 Å². The van der Waals surface area contributed by atoms with E-state index in [4.69, 9.17) is 27.9 Å². The molecule has 368 valence electrons. The molecule has 4 aromatic carbocycles. The number of sulfonamides is 1. The van der Waals surface area contributed by atoms with Crippen LogP contribution in [-0.2, 0) is 36.4 Å². The van der Waals surface area contributed by atoms with Gasteiger partial charge in [-0.3, -0.25) is 29.4 Å². The van der Waals surface area contributed by atoms with E-state index in [1.165, 1.54) is 40.6 Å². The highest BCUT2D eigenvalue weighted by atomic mass is 35.5. The maximum absolute atomic E-state index is 16.3. The van der Waals surface area contributed by atoms with Crippen molar-refractivity contribution in [1.82, 2.24) is 24.7 Å². The van der Waals surface area contributed by atoms with Crippen LogP contribution in [0.5, 0.6) is 5.75 Å². The lowest BCUT2D eigenvalue weighted by molar-refractivity contribution is -0.137. The normalized spacial score (nSPS) is 23.9. The van der Waals surface area contributed by atoms with Crippen LogP contribution in [0.25, 0.3) is 0 Å². The summed E-state index contributed by atoms with van der Waals surface area (Å²) in [5.74, 6) is 3.85. The van der Waals surface area contributed by atoms with E-state index in [9.17, 15) is 27.6 Å². The van der Waals surface area contributed by atoms with Gasteiger partial charge in [0.15, 0.2) is 0 Å². The molecule has 9 rings (SSSR count). The molecule has 0 saturated carbocycles. The fourth-order valence-electron chi connectivity index (χ4n) is 11.1. The summed E-state index contributed by atoms with van der Waals surface area (Å²) in [6.07, 6.45) is 1.06. The van der Waals surface area contributed by atoms with E-state index < -0.39 is 56.6 Å². The Labute approximate surface area is 418 Å². The van der Waals surface area contributed by atoms with Gasteiger partial charge in [-0.2, -0.15) is 4.31 Å². The van der Waals surface area contributed by atoms with Gasteiger partial charge in [-0.15, -0.1) is 0 Å². The number of benzene rings is 4. The Kier molecular flexibility index (Phi) is 13.1. The Morgan fingerprint density at radius 2 is 1.71 bits per heavy atom. The highest BCUT2D eigenvalue weighted by Gasteiger charge is 2.61. The Morgan fingerprint density at radius 1 is 0.971 bits per heavy atom. The molecule has 5 atom stereocenters. The Hall–Kier alpha value is -5.54. The molecule has 0 aliphatic carbocycles. The van der Waals surface area contributed by atoms with Crippen molar-refractivity contribution in [2.45, 2.75) is 100 Å². The summed E-state index contributed by atoms with van der Waals surface area (Å²) >= 11 is 12.9. The molecule has 4 N–H and O–H groups in total. The van der Waals surface area contributed by atoms with E-state index in [-0.39, 0.29) is 77.1 Å². The number of nitrogens with one attached hydrogen (secondary N) is 4. The van der Waals surface area contributed by atoms with Crippen LogP contribution in [0.3, 0.4) is 0 Å². The third-order valence-corrected chi connectivity index (χ3v) is 17.0. The van der Waals surface area contributed by atoms with Crippen LogP contribution >= 0.6 is 23.2 Å². The largest absolute Gasteiger partial charge is 0.495 e. The minimum absolute atomic E-state index is 0.0111. The predicted octanol–water partition coefficient (Wildman–Crippen LogP) is 6.90. The second kappa shape index (κ2) is 18.6. The lowest BCUT2D eigenvalue weighted by Crippen LogP contribution is -2.55. The molecule has 14 nitrogen and oxygen atoms in total. The van der Waals surface area contributed by atoms with Crippen LogP contribution in [0.2, 0.25) is 10.0 Å². The number of carbonyl (C=O) groups excluding carboxylic acids is 4. The van der Waals surface area contributed by atoms with E-state index in [0.717, 1.165) is 16.8 Å². The predicted molar refractivity (Wildman–Crippen MR) is 266 cm³/mol. The second-order valence-electron chi connectivity index (χ2n) is 20.4. The Balaban J connectivity index is 0.914. The molecule has 5 aliphatic heterocycles. The number of nitrogens with zero attached hydrogens (tertiary/aromatic N) is 3. The Morgan fingerprint density at radius 3 is 2.43 bits per heavy atom. The van der Waals surface area contributed by atoms with Crippen molar-refractivity contribution in [3.63, 3.8) is 0 Å². The van der Waals surface area contributed by atoms with Crippen molar-refractivity contribution >= 4 is 68.2 Å². The van der Waals surface area contributed by atoms with Gasteiger partial charge in [0.2, 0.25) is 27.7 Å². The number of rotatable bonds is 9. The van der Waals surface area contributed by atoms with E-state index >= 15 is 4.39 Å². The summed E-state index contributed by atoms with van der Waals surface area (Å²) in [6.45, 7) is 12.0.